The first kappa shape index (κ1) is 20.3. The molecule has 0 radical (unpaired) electrons. The highest BCUT2D eigenvalue weighted by molar-refractivity contribution is 6.35. The molecule has 0 aliphatic carbocycles. The van der Waals surface area contributed by atoms with Crippen molar-refractivity contribution < 1.29 is 4.79 Å². The van der Waals surface area contributed by atoms with Gasteiger partial charge < -0.3 is 9.88 Å². The first-order chi connectivity index (χ1) is 14.1. The van der Waals surface area contributed by atoms with Crippen LogP contribution >= 0.6 is 23.2 Å². The number of nitrogens with zero attached hydrogens (tertiary/aromatic N) is 2. The molecular weight excluding hydrogens is 405 g/mol. The van der Waals surface area contributed by atoms with Crippen LogP contribution in [-0.2, 0) is 17.8 Å². The molecule has 6 heteroatoms. The van der Waals surface area contributed by atoms with Crippen LogP contribution in [0.15, 0.2) is 48.7 Å². The topological polar surface area (TPSA) is 39.3 Å². The van der Waals surface area contributed by atoms with Crippen molar-refractivity contribution in [1.29, 1.82) is 0 Å². The highest BCUT2D eigenvalue weighted by Crippen LogP contribution is 2.23. The van der Waals surface area contributed by atoms with Gasteiger partial charge in [0.1, 0.15) is 0 Å². The summed E-state index contributed by atoms with van der Waals surface area (Å²) in [6, 6.07) is 13.9. The molecule has 152 valence electrons. The number of aromatic amines is 1. The van der Waals surface area contributed by atoms with Crippen molar-refractivity contribution in [2.75, 3.05) is 26.2 Å². The van der Waals surface area contributed by atoms with E-state index in [1.165, 1.54) is 10.9 Å². The maximum absolute atomic E-state index is 12.6. The highest BCUT2D eigenvalue weighted by Gasteiger charge is 2.21. The summed E-state index contributed by atoms with van der Waals surface area (Å²) in [6.45, 7) is 4.08. The van der Waals surface area contributed by atoms with E-state index in [1.54, 1.807) is 6.07 Å². The van der Waals surface area contributed by atoms with Crippen molar-refractivity contribution in [2.24, 2.45) is 0 Å². The summed E-state index contributed by atoms with van der Waals surface area (Å²) in [4.78, 5) is 20.2. The maximum atomic E-state index is 12.6. The van der Waals surface area contributed by atoms with Gasteiger partial charge in [-0.25, -0.2) is 0 Å². The van der Waals surface area contributed by atoms with Crippen molar-refractivity contribution >= 4 is 40.0 Å². The Morgan fingerprint density at radius 2 is 1.79 bits per heavy atom. The zero-order chi connectivity index (χ0) is 20.2. The lowest BCUT2D eigenvalue weighted by Gasteiger charge is -2.35. The number of carbonyl (C=O) groups is 1. The van der Waals surface area contributed by atoms with Crippen molar-refractivity contribution in [2.45, 2.75) is 25.8 Å². The predicted molar refractivity (Wildman–Crippen MR) is 120 cm³/mol. The molecule has 0 saturated carbocycles. The van der Waals surface area contributed by atoms with Gasteiger partial charge in [-0.05, 0) is 42.2 Å². The minimum absolute atomic E-state index is 0.258. The van der Waals surface area contributed by atoms with E-state index in [-0.39, 0.29) is 5.91 Å². The molecular formula is C23H25Cl2N3O. The molecule has 3 aromatic rings. The minimum atomic E-state index is 0.258. The summed E-state index contributed by atoms with van der Waals surface area (Å²) in [5.74, 6) is 0.258. The molecule has 0 bridgehead atoms. The van der Waals surface area contributed by atoms with Crippen molar-refractivity contribution in [3.8, 4) is 0 Å². The number of aryl methyl sites for hydroxylation is 1. The van der Waals surface area contributed by atoms with Crippen LogP contribution in [0.25, 0.3) is 10.9 Å². The van der Waals surface area contributed by atoms with E-state index in [4.69, 9.17) is 23.2 Å². The van der Waals surface area contributed by atoms with Gasteiger partial charge in [-0.15, -0.1) is 0 Å². The SMILES string of the molecule is O=C(CCCc1c[nH]c2ccccc12)N1CCN(Cc2ccc(Cl)cc2Cl)CC1. The average Bonchev–Trinajstić information content (AvgIpc) is 3.14. The van der Waals surface area contributed by atoms with E-state index in [0.29, 0.717) is 16.5 Å². The van der Waals surface area contributed by atoms with Crippen molar-refractivity contribution in [3.63, 3.8) is 0 Å². The Balaban J connectivity index is 1.23. The molecule has 0 unspecified atom stereocenters. The summed E-state index contributed by atoms with van der Waals surface area (Å²) >= 11 is 12.3. The van der Waals surface area contributed by atoms with Crippen LogP contribution in [0.2, 0.25) is 10.0 Å². The van der Waals surface area contributed by atoms with Crippen LogP contribution in [0.5, 0.6) is 0 Å². The number of para-hydroxylation sites is 1. The molecule has 1 fully saturated rings. The number of amides is 1. The summed E-state index contributed by atoms with van der Waals surface area (Å²) in [6.07, 6.45) is 4.46. The van der Waals surface area contributed by atoms with Gasteiger partial charge in [0.25, 0.3) is 0 Å². The van der Waals surface area contributed by atoms with E-state index >= 15 is 0 Å². The standard InChI is InChI=1S/C23H25Cl2N3O/c24-19-9-8-18(21(25)14-19)16-27-10-12-28(13-11-27)23(29)7-3-4-17-15-26-22-6-2-1-5-20(17)22/h1-2,5-6,8-9,14-15,26H,3-4,7,10-13,16H2. The smallest absolute Gasteiger partial charge is 0.222 e. The third-order valence-corrected chi connectivity index (χ3v) is 6.23. The van der Waals surface area contributed by atoms with Crippen LogP contribution < -0.4 is 0 Å². The number of hydrogen-bond acceptors (Lipinski definition) is 2. The van der Waals surface area contributed by atoms with Crippen LogP contribution in [-0.4, -0.2) is 46.9 Å². The predicted octanol–water partition coefficient (Wildman–Crippen LogP) is 5.14. The van der Waals surface area contributed by atoms with Gasteiger partial charge in [-0.3, -0.25) is 9.69 Å². The molecule has 1 aliphatic rings. The van der Waals surface area contributed by atoms with Crippen LogP contribution in [0.1, 0.15) is 24.0 Å². The lowest BCUT2D eigenvalue weighted by atomic mass is 10.1. The number of halogens is 2. The van der Waals surface area contributed by atoms with Gasteiger partial charge in [-0.1, -0.05) is 47.5 Å². The summed E-state index contributed by atoms with van der Waals surface area (Å²) in [5.41, 5.74) is 3.53. The summed E-state index contributed by atoms with van der Waals surface area (Å²) in [5, 5.41) is 2.62. The normalized spacial score (nSPS) is 15.2. The first-order valence-electron chi connectivity index (χ1n) is 10.1. The summed E-state index contributed by atoms with van der Waals surface area (Å²) in [7, 11) is 0. The fraction of sp³-hybridized carbons (Fsp3) is 0.348. The number of piperazine rings is 1. The second-order valence-corrected chi connectivity index (χ2v) is 8.45. The molecule has 4 rings (SSSR count). The molecule has 1 amide bonds. The molecule has 1 aliphatic heterocycles. The molecule has 2 aromatic carbocycles. The Labute approximate surface area is 181 Å². The molecule has 1 N–H and O–H groups in total. The van der Waals surface area contributed by atoms with Crippen LogP contribution in [0.4, 0.5) is 0 Å². The minimum Gasteiger partial charge on any atom is -0.361 e. The largest absolute Gasteiger partial charge is 0.361 e. The number of fused-ring (bicyclic) bond motifs is 1. The molecule has 4 nitrogen and oxygen atoms in total. The van der Waals surface area contributed by atoms with Gasteiger partial charge in [0.15, 0.2) is 0 Å². The van der Waals surface area contributed by atoms with Crippen molar-refractivity contribution in [3.05, 3.63) is 69.8 Å². The Hall–Kier alpha value is -2.01. The number of benzene rings is 2. The van der Waals surface area contributed by atoms with E-state index in [9.17, 15) is 4.79 Å². The Morgan fingerprint density at radius 3 is 2.59 bits per heavy atom. The Kier molecular flexibility index (Phi) is 6.43. The second kappa shape index (κ2) is 9.21. The number of carbonyl (C=O) groups excluding carboxylic acids is 1. The van der Waals surface area contributed by atoms with Crippen molar-refractivity contribution in [1.82, 2.24) is 14.8 Å². The number of nitrogens with one attached hydrogen (secondary N) is 1. The highest BCUT2D eigenvalue weighted by atomic mass is 35.5. The second-order valence-electron chi connectivity index (χ2n) is 7.61. The van der Waals surface area contributed by atoms with E-state index in [2.05, 4.69) is 34.3 Å². The molecule has 1 aromatic heterocycles. The fourth-order valence-corrected chi connectivity index (χ4v) is 4.44. The zero-order valence-electron chi connectivity index (χ0n) is 16.3. The van der Waals surface area contributed by atoms with Gasteiger partial charge in [-0.2, -0.15) is 0 Å². The Morgan fingerprint density at radius 1 is 1.00 bits per heavy atom. The monoisotopic (exact) mass is 429 g/mol. The van der Waals surface area contributed by atoms with E-state index in [0.717, 1.165) is 56.6 Å². The van der Waals surface area contributed by atoms with Crippen LogP contribution in [0, 0.1) is 0 Å². The molecule has 1 saturated heterocycles. The lowest BCUT2D eigenvalue weighted by Crippen LogP contribution is -2.48. The quantitative estimate of drug-likeness (QED) is 0.588. The third kappa shape index (κ3) is 4.95. The van der Waals surface area contributed by atoms with E-state index in [1.807, 2.05) is 23.1 Å². The lowest BCUT2D eigenvalue weighted by molar-refractivity contribution is -0.133. The van der Waals surface area contributed by atoms with Crippen LogP contribution in [0.3, 0.4) is 0 Å². The zero-order valence-corrected chi connectivity index (χ0v) is 17.8. The molecule has 2 heterocycles. The number of aromatic nitrogens is 1. The third-order valence-electron chi connectivity index (χ3n) is 5.65. The van der Waals surface area contributed by atoms with Gasteiger partial charge in [0, 0.05) is 66.3 Å². The average molecular weight is 430 g/mol. The number of H-pyrrole nitrogens is 1. The van der Waals surface area contributed by atoms with Gasteiger partial charge in [0.05, 0.1) is 0 Å². The van der Waals surface area contributed by atoms with Gasteiger partial charge >= 0.3 is 0 Å². The Bertz CT molecular complexity index is 993. The number of hydrogen-bond donors (Lipinski definition) is 1. The van der Waals surface area contributed by atoms with Gasteiger partial charge in [0.2, 0.25) is 5.91 Å². The molecule has 0 spiro atoms. The molecule has 0 atom stereocenters. The first-order valence-corrected chi connectivity index (χ1v) is 10.8. The maximum Gasteiger partial charge on any atom is 0.222 e. The fourth-order valence-electron chi connectivity index (χ4n) is 3.97. The number of rotatable bonds is 6. The summed E-state index contributed by atoms with van der Waals surface area (Å²) < 4.78 is 0. The van der Waals surface area contributed by atoms with E-state index < -0.39 is 0 Å². The molecule has 29 heavy (non-hydrogen) atoms.